The van der Waals surface area contributed by atoms with Crippen molar-refractivity contribution < 1.29 is 19.0 Å². The number of nitrogens with zero attached hydrogens (tertiary/aromatic N) is 2. The van der Waals surface area contributed by atoms with Gasteiger partial charge in [-0.05, 0) is 60.9 Å². The highest BCUT2D eigenvalue weighted by atomic mass is 35.5. The van der Waals surface area contributed by atoms with Crippen molar-refractivity contribution >= 4 is 34.4 Å². The van der Waals surface area contributed by atoms with E-state index in [0.717, 1.165) is 62.6 Å². The van der Waals surface area contributed by atoms with Gasteiger partial charge in [-0.2, -0.15) is 0 Å². The van der Waals surface area contributed by atoms with Crippen LogP contribution in [0.2, 0.25) is 5.02 Å². The largest absolute Gasteiger partial charge is 0.497 e. The number of methoxy groups -OCH3 is 1. The van der Waals surface area contributed by atoms with Gasteiger partial charge < -0.3 is 18.8 Å². The number of ketones is 1. The molecule has 7 heteroatoms. The SMILES string of the molecule is COc1ccc2c(c1)c(/C=C1\Oc3c4c(cc(C)c3C1=O)OCN(CCc1ccccc1Cl)C4)cn2C. The third-order valence-corrected chi connectivity index (χ3v) is 7.53. The summed E-state index contributed by atoms with van der Waals surface area (Å²) in [4.78, 5) is 15.7. The Morgan fingerprint density at radius 3 is 2.81 bits per heavy atom. The number of fused-ring (bicyclic) bond motifs is 4. The molecule has 6 rings (SSSR count). The molecule has 188 valence electrons. The maximum atomic E-state index is 13.5. The van der Waals surface area contributed by atoms with Crippen LogP contribution in [0.15, 0.2) is 60.5 Å². The average Bonchev–Trinajstić information content (AvgIpc) is 3.40. The molecular weight excluding hydrogens is 488 g/mol. The summed E-state index contributed by atoms with van der Waals surface area (Å²) < 4.78 is 19.8. The van der Waals surface area contributed by atoms with E-state index in [0.29, 0.717) is 30.3 Å². The lowest BCUT2D eigenvalue weighted by atomic mass is 9.98. The van der Waals surface area contributed by atoms with Gasteiger partial charge in [0.2, 0.25) is 5.78 Å². The Bertz CT molecular complexity index is 1590. The molecule has 0 bridgehead atoms. The summed E-state index contributed by atoms with van der Waals surface area (Å²) in [5, 5.41) is 1.77. The van der Waals surface area contributed by atoms with Gasteiger partial charge in [-0.3, -0.25) is 9.69 Å². The second-order valence-electron chi connectivity index (χ2n) is 9.56. The predicted molar refractivity (Wildman–Crippen MR) is 145 cm³/mol. The van der Waals surface area contributed by atoms with E-state index in [1.54, 1.807) is 7.11 Å². The maximum absolute atomic E-state index is 13.5. The fraction of sp³-hybridized carbons (Fsp3) is 0.233. The first kappa shape index (κ1) is 23.6. The standard InChI is InChI=1S/C30H27ClN2O4/c1-18-12-26-23(16-33(17-36-26)11-10-19-6-4-5-7-24(19)31)30-28(18)29(34)27(37-30)13-20-15-32(2)25-9-8-21(35-3)14-22(20)25/h4-9,12-15H,10-11,16-17H2,1-3H3/b27-13-. The monoisotopic (exact) mass is 514 g/mol. The van der Waals surface area contributed by atoms with Gasteiger partial charge in [0.15, 0.2) is 5.76 Å². The van der Waals surface area contributed by atoms with Gasteiger partial charge in [-0.15, -0.1) is 0 Å². The molecule has 0 unspecified atom stereocenters. The van der Waals surface area contributed by atoms with E-state index in [2.05, 4.69) is 4.90 Å². The Morgan fingerprint density at radius 2 is 2.00 bits per heavy atom. The number of benzene rings is 3. The van der Waals surface area contributed by atoms with Crippen molar-refractivity contribution in [3.8, 4) is 17.2 Å². The number of Topliss-reactive ketones (excluding diaryl/α,β-unsaturated/α-hetero) is 1. The van der Waals surface area contributed by atoms with Crippen LogP contribution < -0.4 is 14.2 Å². The minimum Gasteiger partial charge on any atom is -0.497 e. The Labute approximate surface area is 220 Å². The first-order valence-corrected chi connectivity index (χ1v) is 12.6. The van der Waals surface area contributed by atoms with Crippen LogP contribution in [0.5, 0.6) is 17.2 Å². The molecule has 0 saturated carbocycles. The van der Waals surface area contributed by atoms with E-state index >= 15 is 0 Å². The van der Waals surface area contributed by atoms with Crippen LogP contribution in [-0.4, -0.2) is 35.6 Å². The number of aromatic nitrogens is 1. The molecule has 0 amide bonds. The molecule has 6 nitrogen and oxygen atoms in total. The molecule has 2 aliphatic rings. The number of hydrogen-bond acceptors (Lipinski definition) is 5. The van der Waals surface area contributed by atoms with Crippen LogP contribution in [0.1, 0.15) is 32.6 Å². The molecule has 37 heavy (non-hydrogen) atoms. The van der Waals surface area contributed by atoms with Crippen LogP contribution in [0.3, 0.4) is 0 Å². The van der Waals surface area contributed by atoms with Crippen molar-refractivity contribution in [2.75, 3.05) is 20.4 Å². The van der Waals surface area contributed by atoms with E-state index in [-0.39, 0.29) is 5.78 Å². The summed E-state index contributed by atoms with van der Waals surface area (Å²) in [6, 6.07) is 15.8. The molecule has 0 atom stereocenters. The number of carbonyl (C=O) groups is 1. The smallest absolute Gasteiger partial charge is 0.232 e. The van der Waals surface area contributed by atoms with Gasteiger partial charge in [0.1, 0.15) is 24.0 Å². The van der Waals surface area contributed by atoms with Gasteiger partial charge in [0.25, 0.3) is 0 Å². The van der Waals surface area contributed by atoms with E-state index in [4.69, 9.17) is 25.8 Å². The molecule has 0 spiro atoms. The van der Waals surface area contributed by atoms with Crippen molar-refractivity contribution in [2.24, 2.45) is 7.05 Å². The van der Waals surface area contributed by atoms with Crippen molar-refractivity contribution in [1.29, 1.82) is 0 Å². The Morgan fingerprint density at radius 1 is 1.16 bits per heavy atom. The van der Waals surface area contributed by atoms with Gasteiger partial charge in [0.05, 0.1) is 18.2 Å². The quantitative estimate of drug-likeness (QED) is 0.299. The van der Waals surface area contributed by atoms with Crippen LogP contribution in [-0.2, 0) is 20.0 Å². The topological polar surface area (TPSA) is 52.9 Å². The molecule has 0 radical (unpaired) electrons. The van der Waals surface area contributed by atoms with E-state index in [9.17, 15) is 4.79 Å². The molecule has 0 fully saturated rings. The number of rotatable bonds is 5. The predicted octanol–water partition coefficient (Wildman–Crippen LogP) is 6.16. The maximum Gasteiger partial charge on any atom is 0.232 e. The van der Waals surface area contributed by atoms with E-state index < -0.39 is 0 Å². The van der Waals surface area contributed by atoms with E-state index in [1.807, 2.05) is 79.3 Å². The number of allylic oxidation sites excluding steroid dienone is 1. The zero-order valence-electron chi connectivity index (χ0n) is 21.0. The fourth-order valence-electron chi connectivity index (χ4n) is 5.18. The molecule has 0 aliphatic carbocycles. The van der Waals surface area contributed by atoms with Crippen molar-refractivity contribution in [2.45, 2.75) is 19.9 Å². The molecule has 4 aromatic rings. The highest BCUT2D eigenvalue weighted by Gasteiger charge is 2.35. The highest BCUT2D eigenvalue weighted by Crippen LogP contribution is 2.44. The van der Waals surface area contributed by atoms with Crippen molar-refractivity contribution in [3.63, 3.8) is 0 Å². The third-order valence-electron chi connectivity index (χ3n) is 7.16. The zero-order chi connectivity index (χ0) is 25.7. The first-order valence-electron chi connectivity index (χ1n) is 12.3. The summed E-state index contributed by atoms with van der Waals surface area (Å²) in [5.74, 6) is 2.35. The zero-order valence-corrected chi connectivity index (χ0v) is 21.8. The molecule has 3 aromatic carbocycles. The molecule has 2 aliphatic heterocycles. The number of halogens is 1. The first-order chi connectivity index (χ1) is 17.9. The van der Waals surface area contributed by atoms with Crippen molar-refractivity contribution in [3.05, 3.63) is 93.3 Å². The lowest BCUT2D eigenvalue weighted by molar-refractivity contribution is 0.0949. The van der Waals surface area contributed by atoms with Crippen LogP contribution >= 0.6 is 11.6 Å². The molecule has 1 aromatic heterocycles. The Balaban J connectivity index is 1.31. The second-order valence-corrected chi connectivity index (χ2v) is 9.97. The van der Waals surface area contributed by atoms with Gasteiger partial charge in [0, 0.05) is 47.8 Å². The normalized spacial score (nSPS) is 16.0. The molecular formula is C30H27ClN2O4. The fourth-order valence-corrected chi connectivity index (χ4v) is 5.41. The summed E-state index contributed by atoms with van der Waals surface area (Å²) in [6.07, 6.45) is 4.63. The Kier molecular flexibility index (Phi) is 5.94. The van der Waals surface area contributed by atoms with Crippen LogP contribution in [0.4, 0.5) is 0 Å². The van der Waals surface area contributed by atoms with E-state index in [1.165, 1.54) is 0 Å². The number of aryl methyl sites for hydroxylation is 2. The number of hydrogen-bond donors (Lipinski definition) is 0. The summed E-state index contributed by atoms with van der Waals surface area (Å²) >= 11 is 6.35. The van der Waals surface area contributed by atoms with Gasteiger partial charge in [-0.25, -0.2) is 0 Å². The van der Waals surface area contributed by atoms with Gasteiger partial charge >= 0.3 is 0 Å². The minimum absolute atomic E-state index is 0.108. The van der Waals surface area contributed by atoms with Crippen molar-refractivity contribution in [1.82, 2.24) is 9.47 Å². The minimum atomic E-state index is -0.108. The van der Waals surface area contributed by atoms with Gasteiger partial charge in [-0.1, -0.05) is 29.8 Å². The Hall–Kier alpha value is -3.74. The van der Waals surface area contributed by atoms with Crippen LogP contribution in [0.25, 0.3) is 17.0 Å². The summed E-state index contributed by atoms with van der Waals surface area (Å²) in [5.41, 5.74) is 5.42. The lowest BCUT2D eigenvalue weighted by Crippen LogP contribution is -2.34. The lowest BCUT2D eigenvalue weighted by Gasteiger charge is -2.30. The highest BCUT2D eigenvalue weighted by molar-refractivity contribution is 6.31. The average molecular weight is 515 g/mol. The number of carbonyl (C=O) groups excluding carboxylic acids is 1. The summed E-state index contributed by atoms with van der Waals surface area (Å²) in [6.45, 7) is 3.82. The van der Waals surface area contributed by atoms with Crippen LogP contribution in [0, 0.1) is 6.92 Å². The molecule has 0 saturated heterocycles. The summed E-state index contributed by atoms with van der Waals surface area (Å²) in [7, 11) is 3.63. The molecule has 0 N–H and O–H groups in total. The molecule has 3 heterocycles. The second kappa shape index (κ2) is 9.29. The third kappa shape index (κ3) is 4.16. The number of ether oxygens (including phenoxy) is 3.